The molecule has 0 bridgehead atoms. The van der Waals surface area contributed by atoms with Gasteiger partial charge in [0.1, 0.15) is 12.4 Å². The normalized spacial score (nSPS) is 20.9. The summed E-state index contributed by atoms with van der Waals surface area (Å²) in [7, 11) is 5.80. The highest BCUT2D eigenvalue weighted by Crippen LogP contribution is 2.36. The molecule has 1 heterocycles. The summed E-state index contributed by atoms with van der Waals surface area (Å²) < 4.78 is 26.5. The smallest absolute Gasteiger partial charge is 0.399 e. The summed E-state index contributed by atoms with van der Waals surface area (Å²) in [5.74, 6) is -0.223. The Balaban J connectivity index is 2.37. The summed E-state index contributed by atoms with van der Waals surface area (Å²) in [5, 5.41) is 0. The van der Waals surface area contributed by atoms with Crippen LogP contribution < -0.4 is 5.46 Å². The van der Waals surface area contributed by atoms with Crippen molar-refractivity contribution >= 4 is 12.6 Å². The van der Waals surface area contributed by atoms with Gasteiger partial charge in [0.05, 0.1) is 32.3 Å². The maximum absolute atomic E-state index is 13.6. The number of hydrogen-bond acceptors (Lipinski definition) is 2. The minimum atomic E-state index is -0.447. The van der Waals surface area contributed by atoms with Crippen LogP contribution in [0.2, 0.25) is 0 Å². The Bertz CT molecular complexity index is 522. The molecule has 0 spiro atoms. The molecule has 5 heteroatoms. The van der Waals surface area contributed by atoms with E-state index in [1.165, 1.54) is 6.07 Å². The highest BCUT2D eigenvalue weighted by Gasteiger charge is 2.52. The molecule has 0 radical (unpaired) electrons. The standard InChI is InChI=1S/C16H26BFNO2/c1-15(2)16(3,4)21-17(20-15)14-9-8-13(18)10-12(14)11-19(5,6)7/h8-10H,11H2,1-7H3/q+1. The Kier molecular flexibility index (Phi) is 3.98. The topological polar surface area (TPSA) is 18.5 Å². The van der Waals surface area contributed by atoms with Gasteiger partial charge in [-0.25, -0.2) is 4.39 Å². The third kappa shape index (κ3) is 3.47. The van der Waals surface area contributed by atoms with E-state index in [0.717, 1.165) is 22.1 Å². The molecule has 0 aromatic heterocycles. The molecule has 21 heavy (non-hydrogen) atoms. The van der Waals surface area contributed by atoms with Crippen LogP contribution >= 0.6 is 0 Å². The van der Waals surface area contributed by atoms with Crippen LogP contribution in [0.5, 0.6) is 0 Å². The first-order valence-corrected chi connectivity index (χ1v) is 7.36. The lowest BCUT2D eigenvalue weighted by Gasteiger charge is -2.32. The van der Waals surface area contributed by atoms with Crippen LogP contribution in [0.1, 0.15) is 33.3 Å². The molecule has 0 unspecified atom stereocenters. The summed E-state index contributed by atoms with van der Waals surface area (Å²) in [6.45, 7) is 8.81. The van der Waals surface area contributed by atoms with E-state index in [-0.39, 0.29) is 17.0 Å². The molecule has 3 nitrogen and oxygen atoms in total. The van der Waals surface area contributed by atoms with E-state index in [1.807, 2.05) is 27.7 Å². The Morgan fingerprint density at radius 2 is 1.57 bits per heavy atom. The molecule has 0 amide bonds. The Morgan fingerprint density at radius 3 is 2.05 bits per heavy atom. The molecular formula is C16H26BFNO2+. The van der Waals surface area contributed by atoms with E-state index in [4.69, 9.17) is 9.31 Å². The van der Waals surface area contributed by atoms with E-state index < -0.39 is 7.12 Å². The monoisotopic (exact) mass is 294 g/mol. The first-order chi connectivity index (χ1) is 9.41. The highest BCUT2D eigenvalue weighted by atomic mass is 19.1. The lowest BCUT2D eigenvalue weighted by atomic mass is 9.75. The van der Waals surface area contributed by atoms with Gasteiger partial charge in [0, 0.05) is 5.56 Å². The molecule has 0 saturated carbocycles. The van der Waals surface area contributed by atoms with Crippen LogP contribution in [0.4, 0.5) is 4.39 Å². The second-order valence-corrected chi connectivity index (χ2v) is 7.88. The quantitative estimate of drug-likeness (QED) is 0.629. The van der Waals surface area contributed by atoms with Crippen molar-refractivity contribution in [2.75, 3.05) is 21.1 Å². The van der Waals surface area contributed by atoms with Crippen LogP contribution in [0, 0.1) is 5.82 Å². The number of rotatable bonds is 3. The van der Waals surface area contributed by atoms with Crippen molar-refractivity contribution < 1.29 is 18.2 Å². The minimum absolute atomic E-state index is 0.223. The number of nitrogens with zero attached hydrogens (tertiary/aromatic N) is 1. The Morgan fingerprint density at radius 1 is 1.05 bits per heavy atom. The predicted molar refractivity (Wildman–Crippen MR) is 83.9 cm³/mol. The fourth-order valence-corrected chi connectivity index (χ4v) is 2.42. The summed E-state index contributed by atoms with van der Waals surface area (Å²) in [4.78, 5) is 0. The van der Waals surface area contributed by atoms with Gasteiger partial charge in [0.2, 0.25) is 0 Å². The molecular weight excluding hydrogens is 268 g/mol. The second kappa shape index (κ2) is 5.08. The van der Waals surface area contributed by atoms with Gasteiger partial charge in [-0.05, 0) is 45.3 Å². The molecule has 1 saturated heterocycles. The third-order valence-corrected chi connectivity index (χ3v) is 4.26. The lowest BCUT2D eigenvalue weighted by molar-refractivity contribution is -0.883. The van der Waals surface area contributed by atoms with Gasteiger partial charge >= 0.3 is 7.12 Å². The van der Waals surface area contributed by atoms with Crippen LogP contribution in [0.25, 0.3) is 0 Å². The Labute approximate surface area is 127 Å². The highest BCUT2D eigenvalue weighted by molar-refractivity contribution is 6.62. The summed E-state index contributed by atoms with van der Waals surface area (Å²) in [6.07, 6.45) is 0. The molecule has 0 atom stereocenters. The number of quaternary nitrogens is 1. The fraction of sp³-hybridized carbons (Fsp3) is 0.625. The van der Waals surface area contributed by atoms with E-state index in [9.17, 15) is 4.39 Å². The zero-order chi connectivity index (χ0) is 16.1. The van der Waals surface area contributed by atoms with E-state index in [1.54, 1.807) is 12.1 Å². The average Bonchev–Trinajstić information content (AvgIpc) is 2.45. The zero-order valence-electron chi connectivity index (χ0n) is 14.2. The number of halogens is 1. The molecule has 1 aliphatic heterocycles. The third-order valence-electron chi connectivity index (χ3n) is 4.26. The van der Waals surface area contributed by atoms with E-state index in [0.29, 0.717) is 0 Å². The molecule has 2 rings (SSSR count). The van der Waals surface area contributed by atoms with Crippen molar-refractivity contribution in [3.8, 4) is 0 Å². The van der Waals surface area contributed by atoms with Crippen molar-refractivity contribution in [3.63, 3.8) is 0 Å². The minimum Gasteiger partial charge on any atom is -0.399 e. The fourth-order valence-electron chi connectivity index (χ4n) is 2.42. The summed E-state index contributed by atoms with van der Waals surface area (Å²) >= 11 is 0. The van der Waals surface area contributed by atoms with Gasteiger partial charge in [0.25, 0.3) is 0 Å². The van der Waals surface area contributed by atoms with Crippen molar-refractivity contribution in [2.24, 2.45) is 0 Å². The lowest BCUT2D eigenvalue weighted by Crippen LogP contribution is -2.41. The Hall–Kier alpha value is -0.905. The second-order valence-electron chi connectivity index (χ2n) is 7.88. The largest absolute Gasteiger partial charge is 0.495 e. The maximum atomic E-state index is 13.6. The summed E-state index contributed by atoms with van der Waals surface area (Å²) in [5.41, 5.74) is 1.07. The maximum Gasteiger partial charge on any atom is 0.495 e. The number of hydrogen-bond donors (Lipinski definition) is 0. The first kappa shape index (κ1) is 16.5. The van der Waals surface area contributed by atoms with Gasteiger partial charge in [-0.3, -0.25) is 0 Å². The molecule has 1 aliphatic rings. The van der Waals surface area contributed by atoms with Gasteiger partial charge in [-0.15, -0.1) is 0 Å². The predicted octanol–water partition coefficient (Wildman–Crippen LogP) is 2.33. The molecule has 1 aromatic carbocycles. The molecule has 0 aliphatic carbocycles. The van der Waals surface area contributed by atoms with Crippen LogP contribution in [-0.2, 0) is 15.9 Å². The SMILES string of the molecule is CC1(C)OB(c2ccc(F)cc2C[N+](C)(C)C)OC1(C)C. The van der Waals surface area contributed by atoms with Crippen LogP contribution in [-0.4, -0.2) is 43.9 Å². The van der Waals surface area contributed by atoms with Crippen molar-refractivity contribution in [2.45, 2.75) is 45.4 Å². The first-order valence-electron chi connectivity index (χ1n) is 7.36. The van der Waals surface area contributed by atoms with E-state index in [2.05, 4.69) is 21.1 Å². The van der Waals surface area contributed by atoms with Gasteiger partial charge in [0.15, 0.2) is 0 Å². The average molecular weight is 294 g/mol. The molecule has 1 aromatic rings. The van der Waals surface area contributed by atoms with Gasteiger partial charge < -0.3 is 13.8 Å². The van der Waals surface area contributed by atoms with Crippen LogP contribution in [0.15, 0.2) is 18.2 Å². The van der Waals surface area contributed by atoms with Crippen molar-refractivity contribution in [1.82, 2.24) is 0 Å². The zero-order valence-corrected chi connectivity index (χ0v) is 14.2. The number of benzene rings is 1. The van der Waals surface area contributed by atoms with Gasteiger partial charge in [-0.2, -0.15) is 0 Å². The molecule has 1 fully saturated rings. The summed E-state index contributed by atoms with van der Waals surface area (Å²) in [6, 6.07) is 4.84. The van der Waals surface area contributed by atoms with Crippen molar-refractivity contribution in [1.29, 1.82) is 0 Å². The molecule has 0 N–H and O–H groups in total. The van der Waals surface area contributed by atoms with Gasteiger partial charge in [-0.1, -0.05) is 6.07 Å². The molecule has 116 valence electrons. The van der Waals surface area contributed by atoms with Crippen LogP contribution in [0.3, 0.4) is 0 Å². The van der Waals surface area contributed by atoms with Crippen molar-refractivity contribution in [3.05, 3.63) is 29.6 Å². The van der Waals surface area contributed by atoms with E-state index >= 15 is 0 Å².